The van der Waals surface area contributed by atoms with Gasteiger partial charge < -0.3 is 4.74 Å². The molecule has 0 unspecified atom stereocenters. The lowest BCUT2D eigenvalue weighted by Gasteiger charge is -1.96. The lowest BCUT2D eigenvalue weighted by molar-refractivity contribution is 0.0594. The Morgan fingerprint density at radius 1 is 1.65 bits per heavy atom. The maximum Gasteiger partial charge on any atom is 0.356 e. The van der Waals surface area contributed by atoms with Crippen molar-refractivity contribution in [1.82, 2.24) is 4.98 Å². The number of hydrogen-bond donors (Lipinski definition) is 0. The Hall–Kier alpha value is -2.51. The highest BCUT2D eigenvalue weighted by Crippen LogP contribution is 2.00. The molecular weight excluding hydrogens is 220 g/mol. The van der Waals surface area contributed by atoms with Crippen LogP contribution in [0.1, 0.15) is 22.5 Å². The summed E-state index contributed by atoms with van der Waals surface area (Å²) in [5, 5.41) is 3.35. The van der Waals surface area contributed by atoms with E-state index in [1.165, 1.54) is 13.3 Å². The van der Waals surface area contributed by atoms with Gasteiger partial charge in [-0.1, -0.05) is 17.0 Å². The molecule has 0 atom stereocenters. The summed E-state index contributed by atoms with van der Waals surface area (Å²) in [5.74, 6) is 5.19. The Bertz CT molecular complexity index is 492. The van der Waals surface area contributed by atoms with Gasteiger partial charge in [-0.3, -0.25) is 0 Å². The fourth-order valence-electron chi connectivity index (χ4n) is 1.01. The summed E-state index contributed by atoms with van der Waals surface area (Å²) in [7, 11) is 1.30. The molecule has 0 aliphatic heterocycles. The number of carbonyl (C=O) groups excluding carboxylic acids is 1. The zero-order valence-electron chi connectivity index (χ0n) is 9.25. The number of esters is 1. The second-order valence-electron chi connectivity index (χ2n) is 2.93. The lowest BCUT2D eigenvalue weighted by atomic mass is 10.2. The van der Waals surface area contributed by atoms with E-state index in [1.54, 1.807) is 12.1 Å². The van der Waals surface area contributed by atoms with E-state index in [1.807, 2.05) is 0 Å². The number of ether oxygens (including phenoxy) is 1. The zero-order valence-corrected chi connectivity index (χ0v) is 9.25. The first kappa shape index (κ1) is 12.6. The second-order valence-corrected chi connectivity index (χ2v) is 2.93. The number of carbonyl (C=O) groups is 1. The molecule has 0 aliphatic carbocycles. The van der Waals surface area contributed by atoms with Crippen LogP contribution in [-0.4, -0.2) is 24.6 Å². The molecule has 0 saturated heterocycles. The zero-order chi connectivity index (χ0) is 12.5. The van der Waals surface area contributed by atoms with Crippen LogP contribution in [0.25, 0.3) is 10.4 Å². The van der Waals surface area contributed by atoms with Crippen LogP contribution in [0.15, 0.2) is 23.4 Å². The molecule has 6 heteroatoms. The highest BCUT2D eigenvalue weighted by atomic mass is 16.5. The number of aromatic nitrogens is 1. The molecule has 6 nitrogen and oxygen atoms in total. The smallest absolute Gasteiger partial charge is 0.356 e. The molecule has 17 heavy (non-hydrogen) atoms. The summed E-state index contributed by atoms with van der Waals surface area (Å²) in [6.45, 7) is 0.344. The van der Waals surface area contributed by atoms with Crippen LogP contribution < -0.4 is 0 Å². The number of pyridine rings is 1. The van der Waals surface area contributed by atoms with Crippen molar-refractivity contribution in [2.45, 2.75) is 6.42 Å². The molecule has 86 valence electrons. The summed E-state index contributed by atoms with van der Waals surface area (Å²) < 4.78 is 4.52. The third-order valence-corrected chi connectivity index (χ3v) is 1.79. The van der Waals surface area contributed by atoms with Gasteiger partial charge in [0, 0.05) is 29.6 Å². The van der Waals surface area contributed by atoms with E-state index < -0.39 is 5.97 Å². The minimum Gasteiger partial charge on any atom is -0.464 e. The molecular formula is C11H10N4O2. The predicted molar refractivity (Wildman–Crippen MR) is 61.1 cm³/mol. The SMILES string of the molecule is COC(=O)c1ccc(C#CCCN=[N+]=[N-])cn1. The van der Waals surface area contributed by atoms with Crippen molar-refractivity contribution in [3.8, 4) is 11.8 Å². The molecule has 1 aromatic rings. The number of methoxy groups -OCH3 is 1. The van der Waals surface area contributed by atoms with Crippen LogP contribution in [0.2, 0.25) is 0 Å². The molecule has 0 fully saturated rings. The van der Waals surface area contributed by atoms with Crippen molar-refractivity contribution in [1.29, 1.82) is 0 Å². The highest BCUT2D eigenvalue weighted by Gasteiger charge is 2.04. The Morgan fingerprint density at radius 3 is 3.06 bits per heavy atom. The summed E-state index contributed by atoms with van der Waals surface area (Å²) in [4.78, 5) is 17.6. The van der Waals surface area contributed by atoms with Crippen LogP contribution in [0.5, 0.6) is 0 Å². The van der Waals surface area contributed by atoms with Gasteiger partial charge in [0.1, 0.15) is 5.69 Å². The summed E-state index contributed by atoms with van der Waals surface area (Å²) >= 11 is 0. The third-order valence-electron chi connectivity index (χ3n) is 1.79. The lowest BCUT2D eigenvalue weighted by Crippen LogP contribution is -2.03. The number of hydrogen-bond acceptors (Lipinski definition) is 4. The fourth-order valence-corrected chi connectivity index (χ4v) is 1.01. The minimum atomic E-state index is -0.479. The first-order chi connectivity index (χ1) is 8.27. The first-order valence-electron chi connectivity index (χ1n) is 4.82. The van der Waals surface area contributed by atoms with Crippen molar-refractivity contribution >= 4 is 5.97 Å². The van der Waals surface area contributed by atoms with Gasteiger partial charge in [0.2, 0.25) is 0 Å². The van der Waals surface area contributed by atoms with Gasteiger partial charge in [-0.25, -0.2) is 9.78 Å². The normalized spacial score (nSPS) is 8.53. The summed E-state index contributed by atoms with van der Waals surface area (Å²) in [5.41, 5.74) is 8.98. The largest absolute Gasteiger partial charge is 0.464 e. The van der Waals surface area contributed by atoms with E-state index in [2.05, 4.69) is 31.6 Å². The Labute approximate surface area is 98.2 Å². The van der Waals surface area contributed by atoms with Gasteiger partial charge in [-0.15, -0.1) is 0 Å². The van der Waals surface area contributed by atoms with Gasteiger partial charge in [-0.05, 0) is 17.7 Å². The fraction of sp³-hybridized carbons (Fsp3) is 0.273. The van der Waals surface area contributed by atoms with Crippen molar-refractivity contribution in [2.24, 2.45) is 5.11 Å². The second kappa shape index (κ2) is 6.88. The molecule has 1 heterocycles. The van der Waals surface area contributed by atoms with Crippen LogP contribution in [0, 0.1) is 11.8 Å². The Balaban J connectivity index is 2.61. The van der Waals surface area contributed by atoms with Crippen molar-refractivity contribution < 1.29 is 9.53 Å². The average Bonchev–Trinajstić information content (AvgIpc) is 2.38. The third kappa shape index (κ3) is 4.24. The quantitative estimate of drug-likeness (QED) is 0.198. The van der Waals surface area contributed by atoms with Crippen LogP contribution >= 0.6 is 0 Å². The molecule has 0 amide bonds. The van der Waals surface area contributed by atoms with E-state index in [0.717, 1.165) is 0 Å². The molecule has 0 aromatic carbocycles. The van der Waals surface area contributed by atoms with Gasteiger partial charge in [-0.2, -0.15) is 0 Å². The van der Waals surface area contributed by atoms with E-state index in [9.17, 15) is 4.79 Å². The molecule has 0 radical (unpaired) electrons. The molecule has 0 spiro atoms. The molecule has 0 aliphatic rings. The number of nitrogens with zero attached hydrogens (tertiary/aromatic N) is 4. The highest BCUT2D eigenvalue weighted by molar-refractivity contribution is 5.87. The van der Waals surface area contributed by atoms with Gasteiger partial charge in [0.05, 0.1) is 7.11 Å². The van der Waals surface area contributed by atoms with Gasteiger partial charge in [0.25, 0.3) is 0 Å². The minimum absolute atomic E-state index is 0.243. The standard InChI is InChI=1S/C11H10N4O2/c1-17-11(16)10-6-5-9(8-13-10)4-2-3-7-14-15-12/h5-6,8H,3,7H2,1H3. The Kier molecular flexibility index (Phi) is 5.08. The molecule has 0 N–H and O–H groups in total. The Morgan fingerprint density at radius 2 is 2.47 bits per heavy atom. The van der Waals surface area contributed by atoms with Gasteiger partial charge in [0.15, 0.2) is 0 Å². The number of azide groups is 1. The maximum absolute atomic E-state index is 11.1. The topological polar surface area (TPSA) is 88.0 Å². The number of rotatable bonds is 3. The van der Waals surface area contributed by atoms with E-state index in [-0.39, 0.29) is 5.69 Å². The summed E-state index contributed by atoms with van der Waals surface area (Å²) in [6.07, 6.45) is 1.98. The molecule has 0 bridgehead atoms. The average molecular weight is 230 g/mol. The van der Waals surface area contributed by atoms with Crippen LogP contribution in [0.3, 0.4) is 0 Å². The predicted octanol–water partition coefficient (Wildman–Crippen LogP) is 1.92. The molecule has 1 aromatic heterocycles. The molecule has 1 rings (SSSR count). The van der Waals surface area contributed by atoms with E-state index in [0.29, 0.717) is 18.5 Å². The van der Waals surface area contributed by atoms with Crippen molar-refractivity contribution in [3.05, 3.63) is 40.0 Å². The maximum atomic E-state index is 11.1. The first-order valence-corrected chi connectivity index (χ1v) is 4.82. The van der Waals surface area contributed by atoms with Crippen LogP contribution in [-0.2, 0) is 4.74 Å². The summed E-state index contributed by atoms with van der Waals surface area (Å²) in [6, 6.07) is 3.23. The van der Waals surface area contributed by atoms with Crippen molar-refractivity contribution in [2.75, 3.05) is 13.7 Å². The molecule has 0 saturated carbocycles. The van der Waals surface area contributed by atoms with E-state index in [4.69, 9.17) is 5.53 Å². The van der Waals surface area contributed by atoms with Crippen molar-refractivity contribution in [3.63, 3.8) is 0 Å². The van der Waals surface area contributed by atoms with Gasteiger partial charge >= 0.3 is 5.97 Å². The monoisotopic (exact) mass is 230 g/mol. The van der Waals surface area contributed by atoms with E-state index >= 15 is 0 Å². The van der Waals surface area contributed by atoms with Crippen LogP contribution in [0.4, 0.5) is 0 Å².